The molecular weight excluding hydrogens is 516 g/mol. The van der Waals surface area contributed by atoms with Gasteiger partial charge in [-0.25, -0.2) is 4.98 Å². The molecule has 5 rings (SSSR count). The van der Waals surface area contributed by atoms with Crippen LogP contribution in [0.25, 0.3) is 22.2 Å². The highest BCUT2D eigenvalue weighted by molar-refractivity contribution is 5.77. The van der Waals surface area contributed by atoms with Crippen LogP contribution < -0.4 is 14.2 Å². The number of aromatic nitrogens is 2. The summed E-state index contributed by atoms with van der Waals surface area (Å²) in [6, 6.07) is 30.1. The highest BCUT2D eigenvalue weighted by Gasteiger charge is 2.13. The Morgan fingerprint density at radius 2 is 1.59 bits per heavy atom. The molecule has 1 heterocycles. The van der Waals surface area contributed by atoms with E-state index in [0.717, 1.165) is 39.3 Å². The van der Waals surface area contributed by atoms with Gasteiger partial charge in [0.05, 0.1) is 24.8 Å². The summed E-state index contributed by atoms with van der Waals surface area (Å²) in [6.07, 6.45) is 0.785. The number of methoxy groups -OCH3 is 1. The largest absolute Gasteiger partial charge is 0.497 e. The maximum atomic E-state index is 12.0. The molecule has 0 amide bonds. The van der Waals surface area contributed by atoms with Gasteiger partial charge in [0.2, 0.25) is 0 Å². The number of aryl methyl sites for hydroxylation is 2. The van der Waals surface area contributed by atoms with Gasteiger partial charge in [0.25, 0.3) is 0 Å². The van der Waals surface area contributed by atoms with Crippen LogP contribution in [0.15, 0.2) is 91.0 Å². The number of ether oxygens (including phenoxy) is 4. The summed E-state index contributed by atoms with van der Waals surface area (Å²) in [4.78, 5) is 16.7. The van der Waals surface area contributed by atoms with Crippen molar-refractivity contribution in [2.24, 2.45) is 7.05 Å². The Morgan fingerprint density at radius 3 is 2.34 bits per heavy atom. The summed E-state index contributed by atoms with van der Waals surface area (Å²) in [5, 5.41) is 0. The average molecular weight is 551 g/mol. The molecule has 41 heavy (non-hydrogen) atoms. The minimum Gasteiger partial charge on any atom is -0.497 e. The van der Waals surface area contributed by atoms with Crippen molar-refractivity contribution in [2.45, 2.75) is 33.0 Å². The first-order chi connectivity index (χ1) is 20.0. The van der Waals surface area contributed by atoms with Gasteiger partial charge in [-0.2, -0.15) is 0 Å². The first-order valence-corrected chi connectivity index (χ1v) is 13.7. The van der Waals surface area contributed by atoms with Crippen molar-refractivity contribution in [3.8, 4) is 28.4 Å². The predicted molar refractivity (Wildman–Crippen MR) is 159 cm³/mol. The molecule has 0 radical (unpaired) electrons. The number of hydrogen-bond donors (Lipinski definition) is 0. The van der Waals surface area contributed by atoms with E-state index >= 15 is 0 Å². The quantitative estimate of drug-likeness (QED) is 0.157. The zero-order valence-corrected chi connectivity index (χ0v) is 23.6. The van der Waals surface area contributed by atoms with Crippen molar-refractivity contribution < 1.29 is 23.7 Å². The molecule has 0 N–H and O–H groups in total. The van der Waals surface area contributed by atoms with Crippen LogP contribution in [0.2, 0.25) is 0 Å². The van der Waals surface area contributed by atoms with Crippen molar-refractivity contribution in [3.63, 3.8) is 0 Å². The van der Waals surface area contributed by atoms with Gasteiger partial charge in [-0.05, 0) is 53.8 Å². The fraction of sp³-hybridized carbons (Fsp3) is 0.235. The maximum absolute atomic E-state index is 12.0. The van der Waals surface area contributed by atoms with E-state index in [9.17, 15) is 4.79 Å². The molecular formula is C34H34N2O5. The van der Waals surface area contributed by atoms with Crippen molar-refractivity contribution >= 4 is 17.0 Å². The van der Waals surface area contributed by atoms with Crippen LogP contribution in [0.5, 0.6) is 17.2 Å². The molecule has 0 bridgehead atoms. The van der Waals surface area contributed by atoms with Crippen LogP contribution in [0.4, 0.5) is 0 Å². The molecule has 0 aliphatic rings. The highest BCUT2D eigenvalue weighted by atomic mass is 16.5. The molecule has 7 nitrogen and oxygen atoms in total. The minimum absolute atomic E-state index is 0.228. The van der Waals surface area contributed by atoms with Crippen LogP contribution in [-0.4, -0.2) is 29.2 Å². The van der Waals surface area contributed by atoms with Gasteiger partial charge in [-0.15, -0.1) is 0 Å². The molecule has 7 heteroatoms. The van der Waals surface area contributed by atoms with E-state index in [1.165, 1.54) is 5.56 Å². The third-order valence-corrected chi connectivity index (χ3v) is 6.95. The molecule has 0 spiro atoms. The van der Waals surface area contributed by atoms with Gasteiger partial charge < -0.3 is 23.5 Å². The van der Waals surface area contributed by atoms with Gasteiger partial charge in [0, 0.05) is 25.6 Å². The number of nitrogens with zero attached hydrogens (tertiary/aromatic N) is 2. The molecule has 0 saturated carbocycles. The third kappa shape index (κ3) is 6.87. The lowest BCUT2D eigenvalue weighted by Gasteiger charge is -2.14. The van der Waals surface area contributed by atoms with Gasteiger partial charge in [0.15, 0.2) is 0 Å². The van der Waals surface area contributed by atoms with Gasteiger partial charge in [-0.1, -0.05) is 60.7 Å². The fourth-order valence-electron chi connectivity index (χ4n) is 4.64. The van der Waals surface area contributed by atoms with Crippen LogP contribution in [0, 0.1) is 0 Å². The van der Waals surface area contributed by atoms with Crippen molar-refractivity contribution in [1.82, 2.24) is 9.55 Å². The number of carbonyl (C=O) groups is 1. The molecule has 0 saturated heterocycles. The van der Waals surface area contributed by atoms with E-state index in [1.54, 1.807) is 7.11 Å². The molecule has 210 valence electrons. The summed E-state index contributed by atoms with van der Waals surface area (Å²) in [7, 11) is 3.61. The molecule has 0 aliphatic heterocycles. The van der Waals surface area contributed by atoms with Crippen molar-refractivity contribution in [3.05, 3.63) is 108 Å². The van der Waals surface area contributed by atoms with Crippen LogP contribution in [-0.2, 0) is 36.2 Å². The SMILES string of the molecule is CCOC(=O)CCc1ccc(OCc2nc3ccc(OC)cc3n2C)cc1OCc1ccc(-c2ccccc2)cc1. The number of carbonyl (C=O) groups excluding carboxylic acids is 1. The topological polar surface area (TPSA) is 71.8 Å². The first-order valence-electron chi connectivity index (χ1n) is 13.7. The minimum atomic E-state index is -0.228. The smallest absolute Gasteiger partial charge is 0.306 e. The normalized spacial score (nSPS) is 10.9. The molecule has 0 fully saturated rings. The Morgan fingerprint density at radius 1 is 0.829 bits per heavy atom. The summed E-state index contributed by atoms with van der Waals surface area (Å²) in [5.41, 5.74) is 6.14. The molecule has 1 aromatic heterocycles. The number of rotatable bonds is 12. The van der Waals surface area contributed by atoms with E-state index < -0.39 is 0 Å². The lowest BCUT2D eigenvalue weighted by molar-refractivity contribution is -0.143. The summed E-state index contributed by atoms with van der Waals surface area (Å²) in [6.45, 7) is 2.85. The number of esters is 1. The Hall–Kier alpha value is -4.78. The summed E-state index contributed by atoms with van der Waals surface area (Å²) >= 11 is 0. The lowest BCUT2D eigenvalue weighted by Crippen LogP contribution is -2.07. The number of benzene rings is 4. The maximum Gasteiger partial charge on any atom is 0.306 e. The fourth-order valence-corrected chi connectivity index (χ4v) is 4.64. The van der Waals surface area contributed by atoms with Gasteiger partial charge in [0.1, 0.15) is 36.3 Å². The van der Waals surface area contributed by atoms with Crippen molar-refractivity contribution in [2.75, 3.05) is 13.7 Å². The predicted octanol–water partition coefficient (Wildman–Crippen LogP) is 6.90. The second kappa shape index (κ2) is 13.0. The summed E-state index contributed by atoms with van der Waals surface area (Å²) in [5.74, 6) is 2.68. The Bertz CT molecular complexity index is 1610. The zero-order chi connectivity index (χ0) is 28.6. The van der Waals surface area contributed by atoms with E-state index in [-0.39, 0.29) is 19.0 Å². The van der Waals surface area contributed by atoms with E-state index in [2.05, 4.69) is 36.4 Å². The van der Waals surface area contributed by atoms with Crippen LogP contribution >= 0.6 is 0 Å². The first kappa shape index (κ1) is 27.8. The standard InChI is InChI=1S/C34H34N2O5/c1-4-39-34(37)19-15-27-14-16-29(40-23-33-35-30-18-17-28(38-3)20-31(30)36(33)2)21-32(27)41-22-24-10-12-26(13-11-24)25-8-6-5-7-9-25/h5-14,16-18,20-21H,4,15,19,22-23H2,1-3H3. The number of imidazole rings is 1. The van der Waals surface area contributed by atoms with Crippen LogP contribution in [0.3, 0.4) is 0 Å². The molecule has 0 unspecified atom stereocenters. The summed E-state index contributed by atoms with van der Waals surface area (Å²) < 4.78 is 24.9. The molecule has 4 aromatic carbocycles. The Balaban J connectivity index is 1.31. The van der Waals surface area contributed by atoms with E-state index in [4.69, 9.17) is 23.9 Å². The van der Waals surface area contributed by atoms with E-state index in [0.29, 0.717) is 31.1 Å². The number of fused-ring (bicyclic) bond motifs is 1. The lowest BCUT2D eigenvalue weighted by atomic mass is 10.0. The van der Waals surface area contributed by atoms with Crippen LogP contribution in [0.1, 0.15) is 30.3 Å². The molecule has 0 aliphatic carbocycles. The third-order valence-electron chi connectivity index (χ3n) is 6.95. The highest BCUT2D eigenvalue weighted by Crippen LogP contribution is 2.29. The average Bonchev–Trinajstić information content (AvgIpc) is 3.33. The Kier molecular flexibility index (Phi) is 8.84. The second-order valence-corrected chi connectivity index (χ2v) is 9.66. The zero-order valence-electron chi connectivity index (χ0n) is 23.6. The van der Waals surface area contributed by atoms with Crippen molar-refractivity contribution in [1.29, 1.82) is 0 Å². The second-order valence-electron chi connectivity index (χ2n) is 9.66. The van der Waals surface area contributed by atoms with Gasteiger partial charge in [-0.3, -0.25) is 4.79 Å². The Labute approximate surface area is 240 Å². The van der Waals surface area contributed by atoms with Gasteiger partial charge >= 0.3 is 5.97 Å². The number of hydrogen-bond acceptors (Lipinski definition) is 6. The molecule has 5 aromatic rings. The van der Waals surface area contributed by atoms with E-state index in [1.807, 2.05) is 73.1 Å². The molecule has 0 atom stereocenters. The monoisotopic (exact) mass is 550 g/mol.